The highest BCUT2D eigenvalue weighted by atomic mass is 16.4. The summed E-state index contributed by atoms with van der Waals surface area (Å²) in [6.07, 6.45) is 1.36. The summed E-state index contributed by atoms with van der Waals surface area (Å²) in [5, 5.41) is 22.5. The Hall–Kier alpha value is -4.99. The Morgan fingerprint density at radius 3 is 2.02 bits per heavy atom. The number of nitrogens with one attached hydrogen (secondary N) is 6. The molecule has 0 unspecified atom stereocenters. The van der Waals surface area contributed by atoms with Crippen LogP contribution in [0.5, 0.6) is 0 Å². The summed E-state index contributed by atoms with van der Waals surface area (Å²) >= 11 is 0. The SMILES string of the molecule is CC(C)[C@H](NC(=O)[C@H](CCC(N)=O)NC(=O)CN)C(=O)N[C@@H](C)C(=O)N[C@@H](Cc1c[nH]c2ccccc12)C(=O)N[C@@H](C)C(=O)O. The van der Waals surface area contributed by atoms with Gasteiger partial charge in [0.1, 0.15) is 30.2 Å². The molecule has 0 fully saturated rings. The van der Waals surface area contributed by atoms with E-state index in [1.807, 2.05) is 24.3 Å². The topological polar surface area (TPSA) is 268 Å². The number of carboxylic acids is 1. The van der Waals surface area contributed by atoms with Crippen molar-refractivity contribution in [2.24, 2.45) is 17.4 Å². The van der Waals surface area contributed by atoms with Crippen LogP contribution >= 0.6 is 0 Å². The zero-order valence-corrected chi connectivity index (χ0v) is 25.6. The maximum absolute atomic E-state index is 13.2. The molecular weight excluding hydrogens is 588 g/mol. The van der Waals surface area contributed by atoms with Gasteiger partial charge in [0.05, 0.1) is 6.54 Å². The highest BCUT2D eigenvalue weighted by molar-refractivity contribution is 5.96. The van der Waals surface area contributed by atoms with Crippen molar-refractivity contribution in [2.45, 2.75) is 77.2 Å². The number of rotatable bonds is 17. The van der Waals surface area contributed by atoms with Gasteiger partial charge in [-0.15, -0.1) is 0 Å². The monoisotopic (exact) mass is 630 g/mol. The first kappa shape index (κ1) is 36.2. The summed E-state index contributed by atoms with van der Waals surface area (Å²) in [7, 11) is 0. The van der Waals surface area contributed by atoms with E-state index in [2.05, 4.69) is 31.6 Å². The molecule has 5 atom stereocenters. The minimum atomic E-state index is -1.26. The average Bonchev–Trinajstić information content (AvgIpc) is 3.39. The number of hydrogen-bond acceptors (Lipinski definition) is 8. The lowest BCUT2D eigenvalue weighted by Gasteiger charge is -2.27. The number of para-hydroxylation sites is 1. The number of primary amides is 1. The van der Waals surface area contributed by atoms with E-state index < -0.39 is 84.1 Å². The number of aliphatic carboxylic acids is 1. The van der Waals surface area contributed by atoms with Crippen LogP contribution in [0.3, 0.4) is 0 Å². The summed E-state index contributed by atoms with van der Waals surface area (Å²) < 4.78 is 0. The normalized spacial score (nSPS) is 14.4. The molecule has 0 aliphatic rings. The largest absolute Gasteiger partial charge is 0.480 e. The fraction of sp³-hybridized carbons (Fsp3) is 0.483. The molecule has 0 saturated heterocycles. The Kier molecular flexibility index (Phi) is 13.5. The number of fused-ring (bicyclic) bond motifs is 1. The van der Waals surface area contributed by atoms with Gasteiger partial charge in [0.2, 0.25) is 35.4 Å². The fourth-order valence-electron chi connectivity index (χ4n) is 4.37. The third kappa shape index (κ3) is 10.9. The van der Waals surface area contributed by atoms with Crippen molar-refractivity contribution < 1.29 is 38.7 Å². The first-order chi connectivity index (χ1) is 21.1. The number of carbonyl (C=O) groups excluding carboxylic acids is 6. The van der Waals surface area contributed by atoms with Crippen molar-refractivity contribution in [1.29, 1.82) is 0 Å². The Bertz CT molecular complexity index is 1410. The summed E-state index contributed by atoms with van der Waals surface area (Å²) in [4.78, 5) is 90.0. The molecule has 1 aromatic carbocycles. The quantitative estimate of drug-likeness (QED) is 0.0947. The predicted molar refractivity (Wildman–Crippen MR) is 163 cm³/mol. The second kappa shape index (κ2) is 16.7. The molecule has 11 N–H and O–H groups in total. The van der Waals surface area contributed by atoms with E-state index in [1.54, 1.807) is 20.0 Å². The summed E-state index contributed by atoms with van der Waals surface area (Å²) in [5.41, 5.74) is 12.0. The van der Waals surface area contributed by atoms with Crippen molar-refractivity contribution in [2.75, 3.05) is 6.54 Å². The van der Waals surface area contributed by atoms with Crippen LogP contribution < -0.4 is 38.1 Å². The van der Waals surface area contributed by atoms with Crippen molar-refractivity contribution in [3.8, 4) is 0 Å². The highest BCUT2D eigenvalue weighted by Crippen LogP contribution is 2.19. The second-order valence-corrected chi connectivity index (χ2v) is 11.0. The van der Waals surface area contributed by atoms with Crippen LogP contribution in [0.15, 0.2) is 30.5 Å². The van der Waals surface area contributed by atoms with Crippen molar-refractivity contribution in [3.63, 3.8) is 0 Å². The smallest absolute Gasteiger partial charge is 0.325 e. The first-order valence-corrected chi connectivity index (χ1v) is 14.4. The Balaban J connectivity index is 2.17. The number of nitrogens with two attached hydrogens (primary N) is 2. The molecule has 246 valence electrons. The van der Waals surface area contributed by atoms with E-state index >= 15 is 0 Å². The van der Waals surface area contributed by atoms with Gasteiger partial charge < -0.3 is 48.1 Å². The summed E-state index contributed by atoms with van der Waals surface area (Å²) in [6.45, 7) is 5.56. The molecule has 16 nitrogen and oxygen atoms in total. The molecule has 0 aliphatic carbocycles. The zero-order valence-electron chi connectivity index (χ0n) is 25.6. The lowest BCUT2D eigenvalue weighted by molar-refractivity contribution is -0.141. The number of amides is 6. The Morgan fingerprint density at radius 2 is 1.42 bits per heavy atom. The molecule has 0 aliphatic heterocycles. The highest BCUT2D eigenvalue weighted by Gasteiger charge is 2.32. The van der Waals surface area contributed by atoms with E-state index in [-0.39, 0.29) is 19.3 Å². The van der Waals surface area contributed by atoms with Crippen LogP contribution in [0.1, 0.15) is 46.1 Å². The number of benzene rings is 1. The van der Waals surface area contributed by atoms with E-state index in [0.717, 1.165) is 10.9 Å². The van der Waals surface area contributed by atoms with Gasteiger partial charge in [-0.05, 0) is 37.8 Å². The van der Waals surface area contributed by atoms with E-state index in [0.29, 0.717) is 5.56 Å². The van der Waals surface area contributed by atoms with Crippen LogP contribution in [0, 0.1) is 5.92 Å². The second-order valence-electron chi connectivity index (χ2n) is 11.0. The van der Waals surface area contributed by atoms with Crippen molar-refractivity contribution in [3.05, 3.63) is 36.0 Å². The number of hydrogen-bond donors (Lipinski definition) is 9. The fourth-order valence-corrected chi connectivity index (χ4v) is 4.37. The number of H-pyrrole nitrogens is 1. The molecule has 2 rings (SSSR count). The van der Waals surface area contributed by atoms with Gasteiger partial charge in [-0.2, -0.15) is 0 Å². The lowest BCUT2D eigenvalue weighted by Crippen LogP contribution is -2.59. The van der Waals surface area contributed by atoms with Gasteiger partial charge in [-0.3, -0.25) is 33.6 Å². The summed E-state index contributed by atoms with van der Waals surface area (Å²) in [5.74, 6) is -6.04. The number of aromatic amines is 1. The minimum absolute atomic E-state index is 0.0144. The molecular formula is C29H42N8O8. The maximum Gasteiger partial charge on any atom is 0.325 e. The molecule has 0 spiro atoms. The van der Waals surface area contributed by atoms with Crippen molar-refractivity contribution >= 4 is 52.3 Å². The van der Waals surface area contributed by atoms with Gasteiger partial charge in [0.15, 0.2) is 0 Å². The molecule has 2 aromatic rings. The molecule has 6 amide bonds. The van der Waals surface area contributed by atoms with Gasteiger partial charge in [-0.25, -0.2) is 0 Å². The lowest BCUT2D eigenvalue weighted by atomic mass is 10.0. The van der Waals surface area contributed by atoms with Gasteiger partial charge in [0, 0.05) is 29.9 Å². The molecule has 0 saturated carbocycles. The van der Waals surface area contributed by atoms with Crippen LogP contribution in [0.2, 0.25) is 0 Å². The van der Waals surface area contributed by atoms with E-state index in [9.17, 15) is 38.7 Å². The predicted octanol–water partition coefficient (Wildman–Crippen LogP) is -1.86. The summed E-state index contributed by atoms with van der Waals surface area (Å²) in [6, 6.07) is 1.36. The third-order valence-corrected chi connectivity index (χ3v) is 6.98. The van der Waals surface area contributed by atoms with Crippen LogP contribution in [0.25, 0.3) is 10.9 Å². The standard InChI is InChI=1S/C29H42N8O8/c1-14(2)24(37-26(41)20(9-10-22(31)38)35-23(39)12-30)28(43)33-15(3)25(40)36-21(27(42)34-16(4)29(44)45)11-17-13-32-19-8-6-5-7-18(17)19/h5-8,13-16,20-21,24,32H,9-12,30H2,1-4H3,(H2,31,38)(H,33,43)(H,34,42)(H,35,39)(H,36,40)(H,37,41)(H,44,45)/t15-,16-,20-,21-,24-/m0/s1. The molecule has 45 heavy (non-hydrogen) atoms. The molecule has 1 heterocycles. The van der Waals surface area contributed by atoms with Crippen LogP contribution in [0.4, 0.5) is 0 Å². The number of carboxylic acid groups (broad SMARTS) is 1. The maximum atomic E-state index is 13.2. The van der Waals surface area contributed by atoms with Gasteiger partial charge in [-0.1, -0.05) is 32.0 Å². The first-order valence-electron chi connectivity index (χ1n) is 14.4. The molecule has 0 bridgehead atoms. The number of aromatic nitrogens is 1. The van der Waals surface area contributed by atoms with Crippen LogP contribution in [-0.4, -0.2) is 88.3 Å². The zero-order chi connectivity index (χ0) is 33.8. The Labute approximate surface area is 259 Å². The van der Waals surface area contributed by atoms with E-state index in [4.69, 9.17) is 11.5 Å². The Morgan fingerprint density at radius 1 is 0.800 bits per heavy atom. The third-order valence-electron chi connectivity index (χ3n) is 6.98. The van der Waals surface area contributed by atoms with Crippen molar-refractivity contribution in [1.82, 2.24) is 31.6 Å². The number of carbonyl (C=O) groups is 7. The van der Waals surface area contributed by atoms with E-state index in [1.165, 1.54) is 13.8 Å². The van der Waals surface area contributed by atoms with Gasteiger partial charge >= 0.3 is 5.97 Å². The molecule has 1 aromatic heterocycles. The average molecular weight is 631 g/mol. The van der Waals surface area contributed by atoms with Crippen LogP contribution in [-0.2, 0) is 40.0 Å². The molecule has 0 radical (unpaired) electrons. The van der Waals surface area contributed by atoms with Gasteiger partial charge in [0.25, 0.3) is 0 Å². The molecule has 16 heteroatoms. The minimum Gasteiger partial charge on any atom is -0.480 e.